The summed E-state index contributed by atoms with van der Waals surface area (Å²) in [5.41, 5.74) is 8.28. The first kappa shape index (κ1) is 20.3. The van der Waals surface area contributed by atoms with E-state index in [1.165, 1.54) is 33.4 Å². The standard InChI is InChI=1S/C28H32N2/c1-3-23-5-9-25(10-6-23)21-29-17-13-27(14-18-29)28-15-19-30(20-16-28)22-26-11-7-24(4-2)8-12-26/h5-15,17-19H,3-4,16,20-22H2,1-2H3/q+2. The van der Waals surface area contributed by atoms with Crippen molar-refractivity contribution in [3.05, 3.63) is 107 Å². The van der Waals surface area contributed by atoms with E-state index in [1.807, 2.05) is 0 Å². The molecule has 0 unspecified atom stereocenters. The number of rotatable bonds is 7. The average Bonchev–Trinajstić information content (AvgIpc) is 2.81. The van der Waals surface area contributed by atoms with Gasteiger partial charge in [0.05, 0.1) is 0 Å². The second-order valence-corrected chi connectivity index (χ2v) is 8.16. The van der Waals surface area contributed by atoms with Crippen molar-refractivity contribution in [3.63, 3.8) is 0 Å². The van der Waals surface area contributed by atoms with Gasteiger partial charge in [-0.25, -0.2) is 9.14 Å². The molecule has 30 heavy (non-hydrogen) atoms. The first-order valence-electron chi connectivity index (χ1n) is 11.2. The minimum Gasteiger partial charge on any atom is -0.231 e. The first-order chi connectivity index (χ1) is 14.7. The monoisotopic (exact) mass is 396 g/mol. The molecule has 0 saturated heterocycles. The molecule has 0 spiro atoms. The largest absolute Gasteiger partial charge is 0.231 e. The van der Waals surface area contributed by atoms with Crippen LogP contribution >= 0.6 is 0 Å². The van der Waals surface area contributed by atoms with Gasteiger partial charge in [-0.05, 0) is 35.1 Å². The summed E-state index contributed by atoms with van der Waals surface area (Å²) in [7, 11) is 0. The van der Waals surface area contributed by atoms with Crippen molar-refractivity contribution in [3.8, 4) is 0 Å². The molecular weight excluding hydrogens is 364 g/mol. The zero-order chi connectivity index (χ0) is 20.8. The number of allylic oxidation sites excluding steroid dienone is 1. The molecule has 0 atom stereocenters. The summed E-state index contributed by atoms with van der Waals surface area (Å²) in [6, 6.07) is 22.5. The molecule has 2 nitrogen and oxygen atoms in total. The second kappa shape index (κ2) is 9.67. The van der Waals surface area contributed by atoms with Crippen LogP contribution in [0.3, 0.4) is 0 Å². The van der Waals surface area contributed by atoms with Crippen molar-refractivity contribution in [1.29, 1.82) is 0 Å². The van der Waals surface area contributed by atoms with E-state index in [-0.39, 0.29) is 0 Å². The molecule has 1 aliphatic rings. The highest BCUT2D eigenvalue weighted by Gasteiger charge is 2.15. The van der Waals surface area contributed by atoms with Gasteiger partial charge in [0.25, 0.3) is 0 Å². The molecule has 0 saturated carbocycles. The van der Waals surface area contributed by atoms with Crippen LogP contribution in [-0.4, -0.2) is 17.3 Å². The molecule has 0 amide bonds. The number of aromatic nitrogens is 1. The van der Waals surface area contributed by atoms with Crippen LogP contribution in [0.2, 0.25) is 0 Å². The molecule has 0 bridgehead atoms. The summed E-state index contributed by atoms with van der Waals surface area (Å²) in [5.74, 6) is 0. The fraction of sp³-hybridized carbons (Fsp3) is 0.286. The van der Waals surface area contributed by atoms with E-state index in [0.29, 0.717) is 0 Å². The number of pyridine rings is 1. The Hall–Kier alpha value is -3.00. The van der Waals surface area contributed by atoms with Gasteiger partial charge >= 0.3 is 0 Å². The summed E-state index contributed by atoms with van der Waals surface area (Å²) >= 11 is 0. The van der Waals surface area contributed by atoms with Gasteiger partial charge in [-0.3, -0.25) is 0 Å². The maximum absolute atomic E-state index is 2.41. The molecule has 4 rings (SSSR count). The Morgan fingerprint density at radius 1 is 0.667 bits per heavy atom. The Bertz CT molecular complexity index is 1020. The highest BCUT2D eigenvalue weighted by atomic mass is 15.0. The molecule has 1 aromatic heterocycles. The minimum atomic E-state index is 0.917. The highest BCUT2D eigenvalue weighted by molar-refractivity contribution is 5.83. The first-order valence-corrected chi connectivity index (χ1v) is 11.2. The van der Waals surface area contributed by atoms with Crippen LogP contribution in [0.4, 0.5) is 0 Å². The number of benzene rings is 2. The van der Waals surface area contributed by atoms with Crippen molar-refractivity contribution < 1.29 is 9.14 Å². The number of aryl methyl sites for hydroxylation is 2. The van der Waals surface area contributed by atoms with Crippen molar-refractivity contribution in [2.45, 2.75) is 46.2 Å². The minimum absolute atomic E-state index is 0.917. The van der Waals surface area contributed by atoms with E-state index < -0.39 is 0 Å². The lowest BCUT2D eigenvalue weighted by atomic mass is 10.0. The zero-order valence-electron chi connectivity index (χ0n) is 18.2. The third-order valence-corrected chi connectivity index (χ3v) is 6.03. The molecular formula is C28H32N2+2. The van der Waals surface area contributed by atoms with Crippen molar-refractivity contribution in [2.75, 3.05) is 6.54 Å². The van der Waals surface area contributed by atoms with E-state index in [4.69, 9.17) is 0 Å². The maximum Gasteiger partial charge on any atom is 0.173 e. The smallest absolute Gasteiger partial charge is 0.173 e. The van der Waals surface area contributed by atoms with Crippen LogP contribution in [-0.2, 0) is 25.9 Å². The topological polar surface area (TPSA) is 6.89 Å². The third kappa shape index (κ3) is 5.13. The summed E-state index contributed by atoms with van der Waals surface area (Å²) in [5, 5.41) is 0. The summed E-state index contributed by atoms with van der Waals surface area (Å²) < 4.78 is 4.66. The lowest BCUT2D eigenvalue weighted by Crippen LogP contribution is -2.33. The van der Waals surface area contributed by atoms with Crippen molar-refractivity contribution >= 4 is 11.8 Å². The van der Waals surface area contributed by atoms with E-state index in [9.17, 15) is 0 Å². The SMILES string of the molecule is CCc1ccc(C[N+]2=CC=C(c3cc[n+](Cc4ccc(CC)cc4)cc3)CC2)cc1. The molecule has 1 aliphatic heterocycles. The molecule has 2 heteroatoms. The molecule has 2 heterocycles. The van der Waals surface area contributed by atoms with Crippen LogP contribution < -0.4 is 4.57 Å². The van der Waals surface area contributed by atoms with Crippen LogP contribution in [0.15, 0.2) is 79.1 Å². The predicted octanol–water partition coefficient (Wildman–Crippen LogP) is 5.22. The molecule has 0 aliphatic carbocycles. The van der Waals surface area contributed by atoms with Gasteiger partial charge in [-0.15, -0.1) is 0 Å². The number of hydrogen-bond acceptors (Lipinski definition) is 0. The molecule has 0 radical (unpaired) electrons. The highest BCUT2D eigenvalue weighted by Crippen LogP contribution is 2.19. The summed E-state index contributed by atoms with van der Waals surface area (Å²) in [4.78, 5) is 0. The van der Waals surface area contributed by atoms with Crippen molar-refractivity contribution in [1.82, 2.24) is 0 Å². The number of nitrogens with zero attached hydrogens (tertiary/aromatic N) is 2. The van der Waals surface area contributed by atoms with Gasteiger partial charge < -0.3 is 0 Å². The Balaban J connectivity index is 1.39. The number of hydrogen-bond donors (Lipinski definition) is 0. The van der Waals surface area contributed by atoms with Crippen LogP contribution in [0.1, 0.15) is 48.1 Å². The van der Waals surface area contributed by atoms with Gasteiger partial charge in [0.15, 0.2) is 31.7 Å². The van der Waals surface area contributed by atoms with Crippen molar-refractivity contribution in [2.24, 2.45) is 0 Å². The fourth-order valence-corrected chi connectivity index (χ4v) is 3.97. The van der Waals surface area contributed by atoms with E-state index in [1.54, 1.807) is 0 Å². The Morgan fingerprint density at radius 2 is 1.20 bits per heavy atom. The maximum atomic E-state index is 2.41. The molecule has 0 fully saturated rings. The van der Waals surface area contributed by atoms with E-state index >= 15 is 0 Å². The molecule has 3 aromatic rings. The van der Waals surface area contributed by atoms with E-state index in [0.717, 1.165) is 38.9 Å². The van der Waals surface area contributed by atoms with Crippen LogP contribution in [0.5, 0.6) is 0 Å². The predicted molar refractivity (Wildman–Crippen MR) is 125 cm³/mol. The van der Waals surface area contributed by atoms with Gasteiger partial charge in [-0.1, -0.05) is 62.4 Å². The third-order valence-electron chi connectivity index (χ3n) is 6.03. The van der Waals surface area contributed by atoms with Crippen LogP contribution in [0, 0.1) is 0 Å². The lowest BCUT2D eigenvalue weighted by molar-refractivity contribution is -0.688. The van der Waals surface area contributed by atoms with E-state index in [2.05, 4.69) is 108 Å². The molecule has 0 N–H and O–H groups in total. The Kier molecular flexibility index (Phi) is 6.53. The Labute approximate surface area is 180 Å². The van der Waals surface area contributed by atoms with Gasteiger partial charge in [0, 0.05) is 35.8 Å². The molecule has 2 aromatic carbocycles. The fourth-order valence-electron chi connectivity index (χ4n) is 3.97. The van der Waals surface area contributed by atoms with Gasteiger partial charge in [-0.2, -0.15) is 0 Å². The normalized spacial score (nSPS) is 13.7. The Morgan fingerprint density at radius 3 is 1.70 bits per heavy atom. The van der Waals surface area contributed by atoms with Gasteiger partial charge in [0.1, 0.15) is 6.54 Å². The summed E-state index contributed by atoms with van der Waals surface area (Å²) in [6.45, 7) is 7.37. The zero-order valence-corrected chi connectivity index (χ0v) is 18.2. The summed E-state index contributed by atoms with van der Waals surface area (Å²) in [6.07, 6.45) is 12.2. The molecule has 152 valence electrons. The average molecular weight is 397 g/mol. The lowest BCUT2D eigenvalue weighted by Gasteiger charge is -2.11. The van der Waals surface area contributed by atoms with Gasteiger partial charge in [0.2, 0.25) is 0 Å². The second-order valence-electron chi connectivity index (χ2n) is 8.16. The quantitative estimate of drug-likeness (QED) is 0.484. The van der Waals surface area contributed by atoms with Crippen LogP contribution in [0.25, 0.3) is 5.57 Å².